The van der Waals surface area contributed by atoms with Crippen molar-refractivity contribution in [2.45, 2.75) is 64.3 Å². The van der Waals surface area contributed by atoms with Crippen LogP contribution in [-0.2, 0) is 14.3 Å². The van der Waals surface area contributed by atoms with Gasteiger partial charge in [-0.15, -0.1) is 0 Å². The zero-order valence-electron chi connectivity index (χ0n) is 13.6. The van der Waals surface area contributed by atoms with Crippen LogP contribution in [0, 0.1) is 11.8 Å². The maximum atomic E-state index is 11.6. The van der Waals surface area contributed by atoms with Crippen LogP contribution in [0.15, 0.2) is 0 Å². The van der Waals surface area contributed by atoms with Gasteiger partial charge in [0, 0.05) is 13.7 Å². The van der Waals surface area contributed by atoms with E-state index in [1.165, 1.54) is 0 Å². The van der Waals surface area contributed by atoms with Crippen LogP contribution in [0.25, 0.3) is 0 Å². The summed E-state index contributed by atoms with van der Waals surface area (Å²) in [6.45, 7) is 4.92. The number of hydrogen-bond donors (Lipinski definition) is 4. The van der Waals surface area contributed by atoms with E-state index in [1.807, 2.05) is 13.8 Å². The lowest BCUT2D eigenvalue weighted by molar-refractivity contribution is -0.318. The molecule has 0 aromatic heterocycles. The summed E-state index contributed by atoms with van der Waals surface area (Å²) in [5, 5.41) is 39.3. The van der Waals surface area contributed by atoms with Crippen molar-refractivity contribution in [2.75, 3.05) is 6.61 Å². The Balaban J connectivity index is 3.02. The molecule has 6 atom stereocenters. The number of carboxylic acid groups (broad SMARTS) is 1. The number of carbonyl (C=O) groups is 1. The van der Waals surface area contributed by atoms with Crippen molar-refractivity contribution in [1.82, 2.24) is 0 Å². The number of hydrogen-bond acceptors (Lipinski definition) is 6. The lowest BCUT2D eigenvalue weighted by Gasteiger charge is -2.45. The van der Waals surface area contributed by atoms with Crippen LogP contribution in [0.1, 0.15) is 35.5 Å². The highest BCUT2D eigenvalue weighted by molar-refractivity contribution is 5.76. The zero-order valence-corrected chi connectivity index (χ0v) is 12.6. The molecule has 0 spiro atoms. The zero-order chi connectivity index (χ0) is 17.1. The second kappa shape index (κ2) is 7.02. The summed E-state index contributed by atoms with van der Waals surface area (Å²) in [5.74, 6) is -4.01. The minimum absolute atomic E-state index is 0.0542. The van der Waals surface area contributed by atoms with Crippen LogP contribution < -0.4 is 0 Å². The Hall–Kier alpha value is -0.730. The third kappa shape index (κ3) is 4.14. The van der Waals surface area contributed by atoms with E-state index in [4.69, 9.17) is 10.8 Å². The van der Waals surface area contributed by atoms with E-state index in [2.05, 4.69) is 0 Å². The Kier molecular flexibility index (Phi) is 5.56. The molecule has 0 aromatic rings. The van der Waals surface area contributed by atoms with Gasteiger partial charge in [0.15, 0.2) is 0 Å². The fraction of sp³-hybridized carbons (Fsp3) is 0.929. The Bertz CT molecular complexity index is 378. The largest absolute Gasteiger partial charge is 0.477 e. The molecule has 1 fully saturated rings. The van der Waals surface area contributed by atoms with Crippen molar-refractivity contribution in [3.05, 3.63) is 0 Å². The molecular formula is C14H26O7. The first-order chi connectivity index (χ1) is 10.1. The van der Waals surface area contributed by atoms with Gasteiger partial charge < -0.3 is 29.9 Å². The summed E-state index contributed by atoms with van der Waals surface area (Å²) < 4.78 is 18.0. The molecule has 1 aliphatic heterocycles. The first kappa shape index (κ1) is 16.6. The fourth-order valence-corrected chi connectivity index (χ4v) is 2.25. The highest BCUT2D eigenvalue weighted by Crippen LogP contribution is 2.36. The van der Waals surface area contributed by atoms with Gasteiger partial charge in [0.1, 0.15) is 6.10 Å². The van der Waals surface area contributed by atoms with Gasteiger partial charge in [-0.3, -0.25) is 0 Å². The van der Waals surface area contributed by atoms with E-state index in [9.17, 15) is 25.2 Å². The first-order valence-corrected chi connectivity index (χ1v) is 7.03. The molecule has 124 valence electrons. The molecule has 0 amide bonds. The minimum Gasteiger partial charge on any atom is -0.477 e. The summed E-state index contributed by atoms with van der Waals surface area (Å²) in [5.41, 5.74) is 0. The van der Waals surface area contributed by atoms with Crippen molar-refractivity contribution >= 4 is 5.97 Å². The van der Waals surface area contributed by atoms with E-state index in [0.29, 0.717) is 0 Å². The lowest BCUT2D eigenvalue weighted by atomic mass is 9.85. The molecule has 0 bridgehead atoms. The van der Waals surface area contributed by atoms with Gasteiger partial charge in [0.25, 0.3) is 5.79 Å². The van der Waals surface area contributed by atoms with Gasteiger partial charge in [-0.25, -0.2) is 4.79 Å². The Labute approximate surface area is 125 Å². The normalized spacial score (nSPS) is 37.1. The van der Waals surface area contributed by atoms with Crippen molar-refractivity contribution < 1.29 is 36.1 Å². The van der Waals surface area contributed by atoms with Crippen molar-refractivity contribution in [3.63, 3.8) is 0 Å². The molecule has 1 rings (SSSR count). The van der Waals surface area contributed by atoms with Crippen LogP contribution in [0.5, 0.6) is 0 Å². The van der Waals surface area contributed by atoms with Crippen LogP contribution in [-0.4, -0.2) is 63.2 Å². The fourth-order valence-electron chi connectivity index (χ4n) is 2.25. The lowest BCUT2D eigenvalue weighted by Crippen LogP contribution is -2.60. The molecule has 4 N–H and O–H groups in total. The van der Waals surface area contributed by atoms with Gasteiger partial charge in [0.05, 0.1) is 24.9 Å². The van der Waals surface area contributed by atoms with Gasteiger partial charge in [-0.05, 0) is 12.8 Å². The number of aliphatic hydroxyl groups is 3. The third-order valence-corrected chi connectivity index (χ3v) is 3.64. The molecule has 1 heterocycles. The third-order valence-electron chi connectivity index (χ3n) is 3.64. The molecule has 0 saturated carbocycles. The Morgan fingerprint density at radius 1 is 1.52 bits per heavy atom. The average Bonchev–Trinajstić information content (AvgIpc) is 2.46. The smallest absolute Gasteiger partial charge is 0.364 e. The quantitative estimate of drug-likeness (QED) is 0.544. The Morgan fingerprint density at radius 3 is 2.62 bits per heavy atom. The topological polar surface area (TPSA) is 116 Å². The summed E-state index contributed by atoms with van der Waals surface area (Å²) in [4.78, 5) is 11.6. The summed E-state index contributed by atoms with van der Waals surface area (Å²) >= 11 is 0. The number of ether oxygens (including phenoxy) is 2. The minimum atomic E-state index is -2.07. The highest BCUT2D eigenvalue weighted by Gasteiger charge is 2.53. The molecule has 1 aliphatic rings. The van der Waals surface area contributed by atoms with Crippen molar-refractivity contribution in [2.24, 2.45) is 11.8 Å². The number of carboxylic acids is 1. The van der Waals surface area contributed by atoms with E-state index in [-0.39, 0.29) is 18.9 Å². The van der Waals surface area contributed by atoms with Crippen molar-refractivity contribution in [3.8, 4) is 0 Å². The van der Waals surface area contributed by atoms with Gasteiger partial charge in [-0.1, -0.05) is 20.8 Å². The molecule has 0 radical (unpaired) electrons. The highest BCUT2D eigenvalue weighted by atomic mass is 16.7. The van der Waals surface area contributed by atoms with Gasteiger partial charge >= 0.3 is 5.97 Å². The molecule has 7 heteroatoms. The Morgan fingerprint density at radius 2 is 2.14 bits per heavy atom. The molecule has 21 heavy (non-hydrogen) atoms. The summed E-state index contributed by atoms with van der Waals surface area (Å²) in [6, 6.07) is 0. The second-order valence-electron chi connectivity index (χ2n) is 6.03. The molecular weight excluding hydrogens is 280 g/mol. The number of aliphatic hydroxyl groups excluding tert-OH is 3. The van der Waals surface area contributed by atoms with E-state index in [0.717, 1.165) is 0 Å². The monoisotopic (exact) mass is 307 g/mol. The first-order valence-electron chi connectivity index (χ1n) is 7.74. The number of aliphatic carboxylic acids is 1. The molecule has 0 aliphatic carbocycles. The maximum absolute atomic E-state index is 11.6. The molecule has 0 aromatic carbocycles. The van der Waals surface area contributed by atoms with Crippen molar-refractivity contribution in [1.29, 1.82) is 0 Å². The van der Waals surface area contributed by atoms with Gasteiger partial charge in [0.2, 0.25) is 0 Å². The summed E-state index contributed by atoms with van der Waals surface area (Å²) in [6.07, 6.45) is -5.36. The average molecular weight is 307 g/mol. The molecule has 6 unspecified atom stereocenters. The predicted octanol–water partition coefficient (Wildman–Crippen LogP) is -0.0325. The van der Waals surface area contributed by atoms with Gasteiger partial charge in [-0.2, -0.15) is 0 Å². The SMILES string of the molecule is [2H]CC(O)C(O)C1OC(OCC(C)C)(C(=O)O)CC(O)C1C. The van der Waals surface area contributed by atoms with E-state index in [1.54, 1.807) is 6.92 Å². The standard InChI is InChI=1S/C14H26O7/c1-7(2)6-20-14(13(18)19)5-10(16)8(3)12(21-14)11(17)9(4)15/h7-12,15-17H,5-6H2,1-4H3,(H,18,19)/i4D. The second-order valence-corrected chi connectivity index (χ2v) is 6.03. The van der Waals surface area contributed by atoms with Crippen LogP contribution in [0.4, 0.5) is 0 Å². The van der Waals surface area contributed by atoms with Crippen LogP contribution in [0.3, 0.4) is 0 Å². The molecule has 7 nitrogen and oxygen atoms in total. The van der Waals surface area contributed by atoms with Crippen LogP contribution in [0.2, 0.25) is 0 Å². The summed E-state index contributed by atoms with van der Waals surface area (Å²) in [7, 11) is 0. The molecule has 1 saturated heterocycles. The van der Waals surface area contributed by atoms with E-state index >= 15 is 0 Å². The predicted molar refractivity (Wildman–Crippen MR) is 73.5 cm³/mol. The number of rotatable bonds is 6. The van der Waals surface area contributed by atoms with Crippen LogP contribution >= 0.6 is 0 Å². The maximum Gasteiger partial charge on any atom is 0.364 e. The van der Waals surface area contributed by atoms with E-state index < -0.39 is 49.0 Å².